The van der Waals surface area contributed by atoms with Gasteiger partial charge < -0.3 is 5.73 Å². The van der Waals surface area contributed by atoms with E-state index in [2.05, 4.69) is 31.0 Å². The maximum absolute atomic E-state index is 5.81. The van der Waals surface area contributed by atoms with E-state index < -0.39 is 0 Å². The fourth-order valence-corrected chi connectivity index (χ4v) is 2.75. The van der Waals surface area contributed by atoms with E-state index in [0.717, 1.165) is 22.8 Å². The lowest BCUT2D eigenvalue weighted by Crippen LogP contribution is -1.94. The van der Waals surface area contributed by atoms with Crippen molar-refractivity contribution in [3.05, 3.63) is 44.9 Å². The van der Waals surface area contributed by atoms with Crippen LogP contribution in [0.4, 0.5) is 5.69 Å². The number of nitrogens with zero attached hydrogens (tertiary/aromatic N) is 1. The summed E-state index contributed by atoms with van der Waals surface area (Å²) in [6, 6.07) is 6.08. The SMILES string of the molecule is Cc1nc(C)c(Cc2cc(N)ccc2C)s1. The van der Waals surface area contributed by atoms with Gasteiger partial charge >= 0.3 is 0 Å². The Hall–Kier alpha value is -1.35. The summed E-state index contributed by atoms with van der Waals surface area (Å²) in [5.74, 6) is 0. The number of aromatic nitrogens is 1. The molecule has 0 aliphatic rings. The summed E-state index contributed by atoms with van der Waals surface area (Å²) < 4.78 is 0. The summed E-state index contributed by atoms with van der Waals surface area (Å²) in [5.41, 5.74) is 10.4. The molecular weight excluding hydrogens is 216 g/mol. The van der Waals surface area contributed by atoms with Gasteiger partial charge in [0.15, 0.2) is 0 Å². The van der Waals surface area contributed by atoms with Crippen LogP contribution in [0.25, 0.3) is 0 Å². The molecule has 0 bridgehead atoms. The van der Waals surface area contributed by atoms with Crippen molar-refractivity contribution in [3.63, 3.8) is 0 Å². The first kappa shape index (κ1) is 11.1. The van der Waals surface area contributed by atoms with Crippen LogP contribution in [0.5, 0.6) is 0 Å². The molecule has 0 aliphatic carbocycles. The van der Waals surface area contributed by atoms with E-state index in [1.165, 1.54) is 16.0 Å². The van der Waals surface area contributed by atoms with Gasteiger partial charge in [0.2, 0.25) is 0 Å². The third-order valence-electron chi connectivity index (χ3n) is 2.72. The molecule has 3 heteroatoms. The maximum Gasteiger partial charge on any atom is 0.0900 e. The van der Waals surface area contributed by atoms with Crippen molar-refractivity contribution in [2.24, 2.45) is 0 Å². The molecule has 2 nitrogen and oxygen atoms in total. The minimum Gasteiger partial charge on any atom is -0.399 e. The second kappa shape index (κ2) is 4.26. The van der Waals surface area contributed by atoms with Crippen molar-refractivity contribution < 1.29 is 0 Å². The summed E-state index contributed by atoms with van der Waals surface area (Å²) in [6.07, 6.45) is 0.939. The van der Waals surface area contributed by atoms with Gasteiger partial charge in [0.05, 0.1) is 10.7 Å². The number of benzene rings is 1. The number of hydrogen-bond acceptors (Lipinski definition) is 3. The van der Waals surface area contributed by atoms with Gasteiger partial charge in [0.1, 0.15) is 0 Å². The van der Waals surface area contributed by atoms with Crippen LogP contribution in [-0.2, 0) is 6.42 Å². The summed E-state index contributed by atoms with van der Waals surface area (Å²) in [6.45, 7) is 6.24. The smallest absolute Gasteiger partial charge is 0.0900 e. The van der Waals surface area contributed by atoms with E-state index in [1.807, 2.05) is 13.0 Å². The molecule has 0 radical (unpaired) electrons. The third kappa shape index (κ3) is 2.25. The lowest BCUT2D eigenvalue weighted by atomic mass is 10.0. The molecule has 1 heterocycles. The first-order valence-electron chi connectivity index (χ1n) is 5.34. The topological polar surface area (TPSA) is 38.9 Å². The molecule has 0 amide bonds. The number of nitrogen functional groups attached to an aromatic ring is 1. The van der Waals surface area contributed by atoms with Crippen molar-refractivity contribution in [1.82, 2.24) is 4.98 Å². The molecule has 0 saturated carbocycles. The van der Waals surface area contributed by atoms with Crippen LogP contribution < -0.4 is 5.73 Å². The maximum atomic E-state index is 5.81. The molecule has 2 aromatic rings. The van der Waals surface area contributed by atoms with Crippen molar-refractivity contribution in [2.75, 3.05) is 5.73 Å². The highest BCUT2D eigenvalue weighted by Gasteiger charge is 2.07. The zero-order chi connectivity index (χ0) is 11.7. The summed E-state index contributed by atoms with van der Waals surface area (Å²) in [5, 5.41) is 1.13. The van der Waals surface area contributed by atoms with Crippen LogP contribution in [0.15, 0.2) is 18.2 Å². The Labute approximate surface area is 100 Å². The largest absolute Gasteiger partial charge is 0.399 e. The number of rotatable bonds is 2. The molecule has 2 rings (SSSR count). The Bertz CT molecular complexity index is 515. The molecule has 0 fully saturated rings. The van der Waals surface area contributed by atoms with Gasteiger partial charge in [0, 0.05) is 17.0 Å². The minimum absolute atomic E-state index is 0.833. The number of nitrogens with two attached hydrogens (primary N) is 1. The van der Waals surface area contributed by atoms with E-state index >= 15 is 0 Å². The molecule has 0 atom stereocenters. The molecule has 0 spiro atoms. The van der Waals surface area contributed by atoms with E-state index in [1.54, 1.807) is 11.3 Å². The molecule has 1 aromatic heterocycles. The Morgan fingerprint density at radius 3 is 2.62 bits per heavy atom. The van der Waals surface area contributed by atoms with Crippen LogP contribution >= 0.6 is 11.3 Å². The number of anilines is 1. The quantitative estimate of drug-likeness (QED) is 0.807. The Morgan fingerprint density at radius 2 is 2.00 bits per heavy atom. The molecule has 0 unspecified atom stereocenters. The van der Waals surface area contributed by atoms with E-state index in [-0.39, 0.29) is 0 Å². The van der Waals surface area contributed by atoms with Gasteiger partial charge in [-0.25, -0.2) is 4.98 Å². The Balaban J connectivity index is 2.33. The monoisotopic (exact) mass is 232 g/mol. The highest BCUT2D eigenvalue weighted by atomic mass is 32.1. The number of thiazole rings is 1. The summed E-state index contributed by atoms with van der Waals surface area (Å²) >= 11 is 1.77. The van der Waals surface area contributed by atoms with Crippen molar-refractivity contribution in [3.8, 4) is 0 Å². The lowest BCUT2D eigenvalue weighted by molar-refractivity contribution is 1.11. The molecular formula is C13H16N2S. The molecule has 16 heavy (non-hydrogen) atoms. The second-order valence-corrected chi connectivity index (χ2v) is 5.39. The van der Waals surface area contributed by atoms with Crippen LogP contribution in [0, 0.1) is 20.8 Å². The predicted molar refractivity (Wildman–Crippen MR) is 70.0 cm³/mol. The number of hydrogen-bond donors (Lipinski definition) is 1. The third-order valence-corrected chi connectivity index (χ3v) is 3.80. The molecule has 84 valence electrons. The van der Waals surface area contributed by atoms with Gasteiger partial charge in [-0.15, -0.1) is 11.3 Å². The van der Waals surface area contributed by atoms with Gasteiger partial charge in [-0.05, 0) is 44.0 Å². The fourth-order valence-electron chi connectivity index (χ4n) is 1.79. The Kier molecular flexibility index (Phi) is 2.97. The zero-order valence-corrected chi connectivity index (χ0v) is 10.7. The highest BCUT2D eigenvalue weighted by molar-refractivity contribution is 7.11. The molecule has 2 N–H and O–H groups in total. The molecule has 1 aromatic carbocycles. The predicted octanol–water partition coefficient (Wildman–Crippen LogP) is 3.24. The standard InChI is InChI=1S/C13H16N2S/c1-8-4-5-12(14)6-11(8)7-13-9(2)15-10(3)16-13/h4-6H,7,14H2,1-3H3. The first-order chi connectivity index (χ1) is 7.56. The summed E-state index contributed by atoms with van der Waals surface area (Å²) in [7, 11) is 0. The van der Waals surface area contributed by atoms with Crippen LogP contribution in [-0.4, -0.2) is 4.98 Å². The van der Waals surface area contributed by atoms with Gasteiger partial charge in [-0.1, -0.05) is 6.07 Å². The Morgan fingerprint density at radius 1 is 1.25 bits per heavy atom. The van der Waals surface area contributed by atoms with E-state index in [0.29, 0.717) is 0 Å². The van der Waals surface area contributed by atoms with Crippen LogP contribution in [0.3, 0.4) is 0 Å². The van der Waals surface area contributed by atoms with Gasteiger partial charge in [0.25, 0.3) is 0 Å². The first-order valence-corrected chi connectivity index (χ1v) is 6.16. The van der Waals surface area contributed by atoms with E-state index in [4.69, 9.17) is 5.73 Å². The molecule has 0 aliphatic heterocycles. The van der Waals surface area contributed by atoms with Crippen molar-refractivity contribution in [2.45, 2.75) is 27.2 Å². The average molecular weight is 232 g/mol. The second-order valence-electron chi connectivity index (χ2n) is 4.10. The normalized spacial score (nSPS) is 10.7. The fraction of sp³-hybridized carbons (Fsp3) is 0.308. The van der Waals surface area contributed by atoms with Gasteiger partial charge in [-0.2, -0.15) is 0 Å². The van der Waals surface area contributed by atoms with Crippen LogP contribution in [0.2, 0.25) is 0 Å². The zero-order valence-electron chi connectivity index (χ0n) is 9.87. The van der Waals surface area contributed by atoms with E-state index in [9.17, 15) is 0 Å². The lowest BCUT2D eigenvalue weighted by Gasteiger charge is -2.05. The highest BCUT2D eigenvalue weighted by Crippen LogP contribution is 2.23. The minimum atomic E-state index is 0.833. The van der Waals surface area contributed by atoms with Crippen LogP contribution in [0.1, 0.15) is 26.7 Å². The number of aryl methyl sites for hydroxylation is 3. The van der Waals surface area contributed by atoms with Gasteiger partial charge in [-0.3, -0.25) is 0 Å². The van der Waals surface area contributed by atoms with Crippen molar-refractivity contribution in [1.29, 1.82) is 0 Å². The summed E-state index contributed by atoms with van der Waals surface area (Å²) in [4.78, 5) is 5.79. The average Bonchev–Trinajstić information content (AvgIpc) is 2.51. The molecule has 0 saturated heterocycles. The van der Waals surface area contributed by atoms with Crippen molar-refractivity contribution >= 4 is 17.0 Å².